The molecule has 0 saturated heterocycles. The van der Waals surface area contributed by atoms with Crippen molar-refractivity contribution >= 4 is 60.4 Å². The summed E-state index contributed by atoms with van der Waals surface area (Å²) in [5.74, 6) is 0. The molecular formula is C44H40. The Morgan fingerprint density at radius 1 is 0.545 bits per heavy atom. The van der Waals surface area contributed by atoms with Crippen LogP contribution >= 0.6 is 0 Å². The van der Waals surface area contributed by atoms with Crippen molar-refractivity contribution in [2.75, 3.05) is 0 Å². The fraction of sp³-hybridized carbons (Fsp3) is 0.0455. The van der Waals surface area contributed by atoms with Gasteiger partial charge in [-0.25, -0.2) is 0 Å². The van der Waals surface area contributed by atoms with Crippen LogP contribution in [0.4, 0.5) is 0 Å². The highest BCUT2D eigenvalue weighted by atomic mass is 14.1. The van der Waals surface area contributed by atoms with Crippen LogP contribution in [0.3, 0.4) is 0 Å². The summed E-state index contributed by atoms with van der Waals surface area (Å²) >= 11 is 0. The van der Waals surface area contributed by atoms with E-state index in [9.17, 15) is 0 Å². The topological polar surface area (TPSA) is 0 Å². The zero-order chi connectivity index (χ0) is 31.6. The minimum Gasteiger partial charge on any atom is -0.0984 e. The van der Waals surface area contributed by atoms with Crippen LogP contribution in [0.5, 0.6) is 0 Å². The molecule has 0 nitrogen and oxygen atoms in total. The summed E-state index contributed by atoms with van der Waals surface area (Å²) in [6.07, 6.45) is 8.11. The largest absolute Gasteiger partial charge is 0.0984 e. The first-order valence-corrected chi connectivity index (χ1v) is 14.7. The smallest absolute Gasteiger partial charge is 0.00384 e. The lowest BCUT2D eigenvalue weighted by Gasteiger charge is -2.11. The molecule has 0 aliphatic carbocycles. The highest BCUT2D eigenvalue weighted by molar-refractivity contribution is 6.01. The highest BCUT2D eigenvalue weighted by Crippen LogP contribution is 2.28. The first-order valence-electron chi connectivity index (χ1n) is 14.7. The zero-order valence-corrected chi connectivity index (χ0v) is 25.9. The van der Waals surface area contributed by atoms with E-state index in [1.54, 1.807) is 0 Å². The summed E-state index contributed by atoms with van der Waals surface area (Å²) in [7, 11) is 0. The predicted molar refractivity (Wildman–Crippen MR) is 199 cm³/mol. The van der Waals surface area contributed by atoms with Gasteiger partial charge in [0.15, 0.2) is 0 Å². The molecule has 0 aromatic heterocycles. The molecule has 0 heterocycles. The number of hydrogen-bond donors (Lipinski definition) is 0. The summed E-state index contributed by atoms with van der Waals surface area (Å²) in [5.41, 5.74) is 8.62. The number of rotatable bonds is 6. The van der Waals surface area contributed by atoms with E-state index < -0.39 is 0 Å². The Hall–Kier alpha value is -5.46. The van der Waals surface area contributed by atoms with Gasteiger partial charge >= 0.3 is 0 Å². The Morgan fingerprint density at radius 2 is 1.16 bits per heavy atom. The van der Waals surface area contributed by atoms with Crippen LogP contribution in [0.1, 0.15) is 36.1 Å². The van der Waals surface area contributed by atoms with Crippen LogP contribution in [-0.2, 0) is 0 Å². The SMILES string of the molecule is C=Cc1cccc(/C(C)=C/C=C(\C)c2c(=C)ccccc(=C)c(-c3ccc(=C)ccccc(=C)c3)c3ccccc23)c1C=C. The van der Waals surface area contributed by atoms with Crippen LogP contribution in [0, 0.1) is 0 Å². The third kappa shape index (κ3) is 7.30. The lowest BCUT2D eigenvalue weighted by atomic mass is 9.93. The second-order valence-corrected chi connectivity index (χ2v) is 10.8. The van der Waals surface area contributed by atoms with Gasteiger partial charge in [0, 0.05) is 0 Å². The molecule has 0 bridgehead atoms. The van der Waals surface area contributed by atoms with Gasteiger partial charge in [0.05, 0.1) is 0 Å². The van der Waals surface area contributed by atoms with Gasteiger partial charge in [-0.05, 0) is 96.1 Å². The van der Waals surface area contributed by atoms with Crippen molar-refractivity contribution in [3.8, 4) is 11.1 Å². The maximum absolute atomic E-state index is 4.51. The van der Waals surface area contributed by atoms with Gasteiger partial charge in [0.2, 0.25) is 0 Å². The van der Waals surface area contributed by atoms with Gasteiger partial charge in [-0.3, -0.25) is 0 Å². The van der Waals surface area contributed by atoms with Crippen molar-refractivity contribution in [2.45, 2.75) is 13.8 Å². The maximum Gasteiger partial charge on any atom is -0.00384 e. The molecule has 0 aliphatic heterocycles. The van der Waals surface area contributed by atoms with Gasteiger partial charge in [-0.2, -0.15) is 0 Å². The molecule has 0 aliphatic rings. The molecule has 0 fully saturated rings. The molecule has 0 saturated carbocycles. The van der Waals surface area contributed by atoms with Crippen LogP contribution in [-0.4, -0.2) is 0 Å². The van der Waals surface area contributed by atoms with Gasteiger partial charge in [0.1, 0.15) is 0 Å². The molecule has 0 unspecified atom stereocenters. The average molecular weight is 569 g/mol. The number of fused-ring (bicyclic) bond motifs is 1. The molecule has 4 rings (SSSR count). The summed E-state index contributed by atoms with van der Waals surface area (Å²) in [4.78, 5) is 0. The molecule has 0 amide bonds. The zero-order valence-electron chi connectivity index (χ0n) is 25.9. The minimum absolute atomic E-state index is 0.894. The Kier molecular flexibility index (Phi) is 10.5. The molecule has 216 valence electrons. The van der Waals surface area contributed by atoms with Crippen molar-refractivity contribution in [2.24, 2.45) is 0 Å². The van der Waals surface area contributed by atoms with Crippen LogP contribution in [0.2, 0.25) is 0 Å². The molecule has 0 N–H and O–H groups in total. The van der Waals surface area contributed by atoms with Crippen molar-refractivity contribution in [3.63, 3.8) is 0 Å². The third-order valence-corrected chi connectivity index (χ3v) is 7.62. The van der Waals surface area contributed by atoms with Crippen molar-refractivity contribution in [1.29, 1.82) is 0 Å². The summed E-state index contributed by atoms with van der Waals surface area (Å²) in [5, 5.41) is 5.78. The lowest BCUT2D eigenvalue weighted by Crippen LogP contribution is -2.07. The molecule has 0 heteroatoms. The molecule has 0 spiro atoms. The summed E-state index contributed by atoms with van der Waals surface area (Å²) in [6.45, 7) is 29.8. The minimum atomic E-state index is 0.894. The van der Waals surface area contributed by atoms with E-state index in [2.05, 4.69) is 126 Å². The lowest BCUT2D eigenvalue weighted by molar-refractivity contribution is 1.51. The molecule has 0 atom stereocenters. The second kappa shape index (κ2) is 14.6. The molecule has 4 aromatic rings. The van der Waals surface area contributed by atoms with E-state index >= 15 is 0 Å². The number of allylic oxidation sites excluding steroid dienone is 4. The van der Waals surface area contributed by atoms with Crippen molar-refractivity contribution in [1.82, 2.24) is 0 Å². The van der Waals surface area contributed by atoms with Crippen molar-refractivity contribution < 1.29 is 0 Å². The third-order valence-electron chi connectivity index (χ3n) is 7.62. The second-order valence-electron chi connectivity index (χ2n) is 10.8. The van der Waals surface area contributed by atoms with Crippen LogP contribution < -0.4 is 20.9 Å². The summed E-state index contributed by atoms with van der Waals surface area (Å²) in [6, 6.07) is 37.0. The quantitative estimate of drug-likeness (QED) is 0.203. The Labute approximate surface area is 262 Å². The van der Waals surface area contributed by atoms with Gasteiger partial charge in [-0.15, -0.1) is 0 Å². The van der Waals surface area contributed by atoms with E-state index in [4.69, 9.17) is 0 Å². The standard InChI is InChI=1S/C44H40/c1-9-37-22-17-25-40(39(37)10-2)33(5)27-28-36(8)43-34(6)20-13-14-21-35(7)44(42-24-16-15-23-41(42)43)38-29-26-31(3)18-11-12-19-32(4)30-38/h9-30H,1-4,6-7H2,5,8H3/b18-11?,19-12?,20-13?,21-14?,29-26?,33-27+,36-28+,38-30?,43-41?,44-42?. The van der Waals surface area contributed by atoms with E-state index in [1.807, 2.05) is 60.7 Å². The highest BCUT2D eigenvalue weighted by Gasteiger charge is 2.08. The first-order chi connectivity index (χ1) is 21.2. The van der Waals surface area contributed by atoms with E-state index in [-0.39, 0.29) is 0 Å². The van der Waals surface area contributed by atoms with E-state index in [0.29, 0.717) is 0 Å². The molecule has 44 heavy (non-hydrogen) atoms. The summed E-state index contributed by atoms with van der Waals surface area (Å²) < 4.78 is 0. The Balaban J connectivity index is 2.11. The Bertz CT molecular complexity index is 2140. The number of hydrogen-bond acceptors (Lipinski definition) is 0. The van der Waals surface area contributed by atoms with Crippen molar-refractivity contribution in [3.05, 3.63) is 178 Å². The maximum atomic E-state index is 4.51. The predicted octanol–water partition coefficient (Wildman–Crippen LogP) is 9.19. The monoisotopic (exact) mass is 568 g/mol. The first kappa shape index (κ1) is 31.5. The van der Waals surface area contributed by atoms with E-state index in [0.717, 1.165) is 76.2 Å². The van der Waals surface area contributed by atoms with Gasteiger partial charge in [-0.1, -0.05) is 167 Å². The average Bonchev–Trinajstić information content (AvgIpc) is 3.02. The van der Waals surface area contributed by atoms with Gasteiger partial charge in [0.25, 0.3) is 0 Å². The molecule has 4 aromatic carbocycles. The van der Waals surface area contributed by atoms with E-state index in [1.165, 1.54) is 0 Å². The molecule has 0 radical (unpaired) electrons. The Morgan fingerprint density at radius 3 is 1.86 bits per heavy atom. The number of benzene rings is 2. The fourth-order valence-electron chi connectivity index (χ4n) is 5.40. The van der Waals surface area contributed by atoms with Gasteiger partial charge < -0.3 is 0 Å². The van der Waals surface area contributed by atoms with Crippen LogP contribution in [0.25, 0.3) is 71.5 Å². The fourth-order valence-corrected chi connectivity index (χ4v) is 5.40. The van der Waals surface area contributed by atoms with Crippen LogP contribution in [0.15, 0.2) is 135 Å². The molecular weight excluding hydrogens is 528 g/mol. The normalized spacial score (nSPS) is 11.3.